The highest BCUT2D eigenvalue weighted by Gasteiger charge is 2.52. The molecule has 1 aromatic carbocycles. The van der Waals surface area contributed by atoms with Crippen molar-refractivity contribution in [2.75, 3.05) is 4.90 Å². The van der Waals surface area contributed by atoms with Crippen LogP contribution >= 0.6 is 0 Å². The number of nitrogens with zero attached hydrogens (tertiary/aromatic N) is 2. The lowest BCUT2D eigenvalue weighted by Crippen LogP contribution is -2.37. The maximum Gasteiger partial charge on any atom is 0.274 e. The van der Waals surface area contributed by atoms with Gasteiger partial charge in [-0.05, 0) is 25.8 Å². The van der Waals surface area contributed by atoms with Gasteiger partial charge in [0, 0.05) is 18.1 Å². The lowest BCUT2D eigenvalue weighted by atomic mass is 9.73. The van der Waals surface area contributed by atoms with E-state index in [4.69, 9.17) is 0 Å². The van der Waals surface area contributed by atoms with Crippen LogP contribution in [0.5, 0.6) is 0 Å². The third kappa shape index (κ3) is 2.19. The van der Waals surface area contributed by atoms with Crippen molar-refractivity contribution in [2.24, 2.45) is 5.41 Å². The minimum absolute atomic E-state index is 0.0669. The zero-order valence-corrected chi connectivity index (χ0v) is 12.5. The van der Waals surface area contributed by atoms with E-state index in [-0.39, 0.29) is 23.9 Å². The van der Waals surface area contributed by atoms with Gasteiger partial charge in [0.2, 0.25) is 11.8 Å². The summed E-state index contributed by atoms with van der Waals surface area (Å²) in [5.74, 6) is -0.430. The van der Waals surface area contributed by atoms with Crippen LogP contribution < -0.4 is 4.90 Å². The van der Waals surface area contributed by atoms with Crippen LogP contribution in [0.15, 0.2) is 18.2 Å². The number of anilines is 1. The highest BCUT2D eigenvalue weighted by molar-refractivity contribution is 6.22. The van der Waals surface area contributed by atoms with Gasteiger partial charge in [-0.1, -0.05) is 25.3 Å². The van der Waals surface area contributed by atoms with Gasteiger partial charge in [-0.25, -0.2) is 4.90 Å². The number of carbonyl (C=O) groups is 2. The summed E-state index contributed by atoms with van der Waals surface area (Å²) in [6.07, 6.45) is 4.72. The van der Waals surface area contributed by atoms with E-state index in [9.17, 15) is 19.7 Å². The van der Waals surface area contributed by atoms with Crippen LogP contribution in [-0.2, 0) is 9.59 Å². The van der Waals surface area contributed by atoms with Crippen LogP contribution in [-0.4, -0.2) is 16.7 Å². The SMILES string of the molecule is Cc1ccc(N2C(=O)CC3(CCCCC3)C2=O)cc1[N+](=O)[O-]. The van der Waals surface area contributed by atoms with Crippen molar-refractivity contribution in [3.05, 3.63) is 33.9 Å². The maximum absolute atomic E-state index is 12.8. The van der Waals surface area contributed by atoms with E-state index in [1.807, 2.05) is 0 Å². The first-order valence-corrected chi connectivity index (χ1v) is 7.57. The van der Waals surface area contributed by atoms with Gasteiger partial charge in [0.15, 0.2) is 0 Å². The molecule has 0 N–H and O–H groups in total. The van der Waals surface area contributed by atoms with Gasteiger partial charge in [-0.15, -0.1) is 0 Å². The molecule has 0 atom stereocenters. The summed E-state index contributed by atoms with van der Waals surface area (Å²) in [4.78, 5) is 36.9. The number of nitro groups is 1. The Bertz CT molecular complexity index is 662. The van der Waals surface area contributed by atoms with E-state index in [1.54, 1.807) is 19.1 Å². The van der Waals surface area contributed by atoms with E-state index in [0.717, 1.165) is 37.0 Å². The Hall–Kier alpha value is -2.24. The lowest BCUT2D eigenvalue weighted by Gasteiger charge is -2.30. The smallest absolute Gasteiger partial charge is 0.274 e. The fourth-order valence-corrected chi connectivity index (χ4v) is 3.61. The predicted octanol–water partition coefficient (Wildman–Crippen LogP) is 3.12. The minimum Gasteiger partial charge on any atom is -0.274 e. The molecule has 1 aliphatic carbocycles. The number of nitro benzene ring substituents is 1. The molecule has 2 aliphatic rings. The molecule has 1 saturated heterocycles. The van der Waals surface area contributed by atoms with E-state index in [1.165, 1.54) is 6.07 Å². The largest absolute Gasteiger partial charge is 0.274 e. The topological polar surface area (TPSA) is 80.5 Å². The molecule has 1 spiro atoms. The Balaban J connectivity index is 1.98. The van der Waals surface area contributed by atoms with Crippen molar-refractivity contribution in [1.29, 1.82) is 0 Å². The Labute approximate surface area is 128 Å². The van der Waals surface area contributed by atoms with Crippen LogP contribution in [0.2, 0.25) is 0 Å². The van der Waals surface area contributed by atoms with Crippen LogP contribution in [0.4, 0.5) is 11.4 Å². The molecule has 6 heteroatoms. The third-order valence-electron chi connectivity index (χ3n) is 4.85. The van der Waals surface area contributed by atoms with Gasteiger partial charge >= 0.3 is 0 Å². The zero-order chi connectivity index (χ0) is 15.9. The van der Waals surface area contributed by atoms with Gasteiger partial charge in [0.05, 0.1) is 16.0 Å². The van der Waals surface area contributed by atoms with E-state index >= 15 is 0 Å². The zero-order valence-electron chi connectivity index (χ0n) is 12.5. The molecular weight excluding hydrogens is 284 g/mol. The molecular formula is C16H18N2O4. The molecule has 1 saturated carbocycles. The molecule has 0 unspecified atom stereocenters. The molecule has 0 radical (unpaired) electrons. The highest BCUT2D eigenvalue weighted by atomic mass is 16.6. The molecule has 116 valence electrons. The number of imide groups is 1. The van der Waals surface area contributed by atoms with Crippen molar-refractivity contribution in [2.45, 2.75) is 45.4 Å². The van der Waals surface area contributed by atoms with Crippen LogP contribution in [0.1, 0.15) is 44.1 Å². The van der Waals surface area contributed by atoms with Crippen molar-refractivity contribution in [3.8, 4) is 0 Å². The monoisotopic (exact) mass is 302 g/mol. The van der Waals surface area contributed by atoms with Gasteiger partial charge < -0.3 is 0 Å². The molecule has 22 heavy (non-hydrogen) atoms. The first-order valence-electron chi connectivity index (χ1n) is 7.57. The number of aryl methyl sites for hydroxylation is 1. The number of hydrogen-bond acceptors (Lipinski definition) is 4. The molecule has 0 aromatic heterocycles. The molecule has 1 aromatic rings. The van der Waals surface area contributed by atoms with Gasteiger partial charge in [-0.3, -0.25) is 19.7 Å². The van der Waals surface area contributed by atoms with Crippen molar-refractivity contribution in [1.82, 2.24) is 0 Å². The Morgan fingerprint density at radius 2 is 1.86 bits per heavy atom. The first-order chi connectivity index (χ1) is 10.4. The molecule has 1 aliphatic heterocycles. The summed E-state index contributed by atoms with van der Waals surface area (Å²) in [6.45, 7) is 1.64. The van der Waals surface area contributed by atoms with Crippen LogP contribution in [0.25, 0.3) is 0 Å². The lowest BCUT2D eigenvalue weighted by molar-refractivity contribution is -0.385. The first kappa shape index (κ1) is 14.7. The Morgan fingerprint density at radius 1 is 1.18 bits per heavy atom. The van der Waals surface area contributed by atoms with E-state index in [0.29, 0.717) is 11.3 Å². The molecule has 2 fully saturated rings. The number of benzene rings is 1. The number of hydrogen-bond donors (Lipinski definition) is 0. The molecule has 3 rings (SSSR count). The predicted molar refractivity (Wildman–Crippen MR) is 80.5 cm³/mol. The van der Waals surface area contributed by atoms with Crippen molar-refractivity contribution >= 4 is 23.2 Å². The second-order valence-electron chi connectivity index (χ2n) is 6.28. The number of amides is 2. The third-order valence-corrected chi connectivity index (χ3v) is 4.85. The van der Waals surface area contributed by atoms with Crippen molar-refractivity contribution < 1.29 is 14.5 Å². The van der Waals surface area contributed by atoms with Gasteiger partial charge in [0.25, 0.3) is 5.69 Å². The second-order valence-corrected chi connectivity index (χ2v) is 6.28. The quantitative estimate of drug-likeness (QED) is 0.477. The van der Waals surface area contributed by atoms with Gasteiger partial charge in [0.1, 0.15) is 0 Å². The summed E-state index contributed by atoms with van der Waals surface area (Å²) in [5.41, 5.74) is 0.187. The maximum atomic E-state index is 12.8. The molecule has 1 heterocycles. The average Bonchev–Trinajstić information content (AvgIpc) is 2.71. The standard InChI is InChI=1S/C16H18N2O4/c1-11-5-6-12(9-13(11)18(21)22)17-14(19)10-16(15(17)20)7-3-2-4-8-16/h5-6,9H,2-4,7-8,10H2,1H3. The number of carbonyl (C=O) groups excluding carboxylic acids is 2. The highest BCUT2D eigenvalue weighted by Crippen LogP contribution is 2.46. The fraction of sp³-hybridized carbons (Fsp3) is 0.500. The Morgan fingerprint density at radius 3 is 2.50 bits per heavy atom. The van der Waals surface area contributed by atoms with Crippen molar-refractivity contribution in [3.63, 3.8) is 0 Å². The van der Waals surface area contributed by atoms with Gasteiger partial charge in [-0.2, -0.15) is 0 Å². The minimum atomic E-state index is -0.574. The number of rotatable bonds is 2. The molecule has 0 bridgehead atoms. The summed E-state index contributed by atoms with van der Waals surface area (Å²) < 4.78 is 0. The summed E-state index contributed by atoms with van der Waals surface area (Å²) in [5, 5.41) is 11.1. The normalized spacial score (nSPS) is 20.7. The summed E-state index contributed by atoms with van der Waals surface area (Å²) >= 11 is 0. The summed E-state index contributed by atoms with van der Waals surface area (Å²) in [7, 11) is 0. The average molecular weight is 302 g/mol. The Kier molecular flexibility index (Phi) is 3.47. The van der Waals surface area contributed by atoms with Crippen LogP contribution in [0.3, 0.4) is 0 Å². The fourth-order valence-electron chi connectivity index (χ4n) is 3.61. The summed E-state index contributed by atoms with van der Waals surface area (Å²) in [6, 6.07) is 4.52. The van der Waals surface area contributed by atoms with E-state index < -0.39 is 10.3 Å². The van der Waals surface area contributed by atoms with E-state index in [2.05, 4.69) is 0 Å². The second kappa shape index (κ2) is 5.19. The van der Waals surface area contributed by atoms with Crippen LogP contribution in [0, 0.1) is 22.5 Å². The molecule has 6 nitrogen and oxygen atoms in total. The molecule has 2 amide bonds.